The first-order valence-corrected chi connectivity index (χ1v) is 9.60. The van der Waals surface area contributed by atoms with Gasteiger partial charge in [-0.25, -0.2) is 18.3 Å². The zero-order valence-corrected chi connectivity index (χ0v) is 17.2. The molecular formula is C22H25F2N5O. The van der Waals surface area contributed by atoms with E-state index in [4.69, 9.17) is 5.73 Å². The lowest BCUT2D eigenvalue weighted by atomic mass is 9.91. The molecular weight excluding hydrogens is 388 g/mol. The minimum Gasteiger partial charge on any atom is -0.382 e. The number of halogens is 2. The molecule has 0 spiro atoms. The molecule has 3 aromatic rings. The minimum absolute atomic E-state index is 0.0163. The van der Waals surface area contributed by atoms with Crippen LogP contribution in [0.2, 0.25) is 0 Å². The van der Waals surface area contributed by atoms with Crippen molar-refractivity contribution in [1.29, 1.82) is 0 Å². The lowest BCUT2D eigenvalue weighted by Gasteiger charge is -2.18. The predicted octanol–water partition coefficient (Wildman–Crippen LogP) is 4.39. The molecule has 30 heavy (non-hydrogen) atoms. The fraction of sp³-hybridized carbons (Fsp3) is 0.273. The molecule has 0 fully saturated rings. The van der Waals surface area contributed by atoms with Crippen molar-refractivity contribution >= 4 is 17.5 Å². The molecule has 0 aliphatic rings. The molecule has 0 radical (unpaired) electrons. The van der Waals surface area contributed by atoms with Gasteiger partial charge in [-0.2, -0.15) is 5.10 Å². The third kappa shape index (κ3) is 4.76. The SMILES string of the molecule is CC(C)(C)c1nn(-c2cc(F)ccc2F)c(N)c1NC(=O)NCCc1ccccc1. The molecule has 1 aromatic heterocycles. The largest absolute Gasteiger partial charge is 0.382 e. The Labute approximate surface area is 174 Å². The van der Waals surface area contributed by atoms with Gasteiger partial charge >= 0.3 is 6.03 Å². The van der Waals surface area contributed by atoms with Crippen LogP contribution < -0.4 is 16.4 Å². The third-order valence-corrected chi connectivity index (χ3v) is 4.55. The number of amides is 2. The number of carbonyl (C=O) groups excluding carboxylic acids is 1. The zero-order chi connectivity index (χ0) is 21.9. The topological polar surface area (TPSA) is 85.0 Å². The van der Waals surface area contributed by atoms with Crippen LogP contribution in [0.25, 0.3) is 5.69 Å². The van der Waals surface area contributed by atoms with E-state index in [-0.39, 0.29) is 17.2 Å². The van der Waals surface area contributed by atoms with Crippen LogP contribution in [0.5, 0.6) is 0 Å². The fourth-order valence-corrected chi connectivity index (χ4v) is 3.03. The van der Waals surface area contributed by atoms with Gasteiger partial charge in [0, 0.05) is 18.0 Å². The Bertz CT molecular complexity index is 1040. The van der Waals surface area contributed by atoms with E-state index in [2.05, 4.69) is 15.7 Å². The first-order valence-electron chi connectivity index (χ1n) is 9.60. The van der Waals surface area contributed by atoms with Crippen molar-refractivity contribution in [3.05, 3.63) is 71.4 Å². The molecule has 0 saturated carbocycles. The van der Waals surface area contributed by atoms with Crippen LogP contribution in [0, 0.1) is 11.6 Å². The van der Waals surface area contributed by atoms with Crippen LogP contribution in [0.4, 0.5) is 25.1 Å². The van der Waals surface area contributed by atoms with Gasteiger partial charge < -0.3 is 16.4 Å². The summed E-state index contributed by atoms with van der Waals surface area (Å²) in [5.41, 5.74) is 7.38. The standard InChI is InChI=1S/C22H25F2N5O/c1-22(2,3)19-18(27-21(30)26-12-11-14-7-5-4-6-8-14)20(25)29(28-19)17-13-15(23)9-10-16(17)24/h4-10,13H,11-12,25H2,1-3H3,(H2,26,27,30). The van der Waals surface area contributed by atoms with Crippen molar-refractivity contribution in [2.24, 2.45) is 0 Å². The molecule has 1 heterocycles. The summed E-state index contributed by atoms with van der Waals surface area (Å²) < 4.78 is 29.1. The van der Waals surface area contributed by atoms with Gasteiger partial charge in [0.2, 0.25) is 0 Å². The molecule has 158 valence electrons. The van der Waals surface area contributed by atoms with Crippen molar-refractivity contribution in [2.45, 2.75) is 32.6 Å². The van der Waals surface area contributed by atoms with Crippen molar-refractivity contribution in [3.63, 3.8) is 0 Å². The fourth-order valence-electron chi connectivity index (χ4n) is 3.03. The number of urea groups is 1. The number of nitrogens with two attached hydrogens (primary N) is 1. The number of anilines is 2. The number of hydrogen-bond acceptors (Lipinski definition) is 3. The van der Waals surface area contributed by atoms with E-state index in [1.807, 2.05) is 51.1 Å². The van der Waals surface area contributed by atoms with Gasteiger partial charge in [0.15, 0.2) is 5.82 Å². The van der Waals surface area contributed by atoms with Gasteiger partial charge in [-0.1, -0.05) is 51.1 Å². The number of nitrogens with one attached hydrogen (secondary N) is 2. The number of aromatic nitrogens is 2. The van der Waals surface area contributed by atoms with E-state index in [0.717, 1.165) is 28.4 Å². The Morgan fingerprint density at radius 3 is 2.50 bits per heavy atom. The molecule has 2 amide bonds. The summed E-state index contributed by atoms with van der Waals surface area (Å²) in [4.78, 5) is 12.5. The van der Waals surface area contributed by atoms with Crippen LogP contribution >= 0.6 is 0 Å². The Morgan fingerprint density at radius 1 is 1.13 bits per heavy atom. The average Bonchev–Trinajstić information content (AvgIpc) is 3.01. The molecule has 0 atom stereocenters. The molecule has 0 aliphatic heterocycles. The molecule has 0 aliphatic carbocycles. The quantitative estimate of drug-likeness (QED) is 0.580. The monoisotopic (exact) mass is 413 g/mol. The maximum atomic E-state index is 14.3. The van der Waals surface area contributed by atoms with Crippen LogP contribution in [0.15, 0.2) is 48.5 Å². The second kappa shape index (κ2) is 8.52. The molecule has 0 saturated heterocycles. The van der Waals surface area contributed by atoms with Crippen molar-refractivity contribution in [3.8, 4) is 5.69 Å². The third-order valence-electron chi connectivity index (χ3n) is 4.55. The van der Waals surface area contributed by atoms with Gasteiger partial charge in [0.05, 0.1) is 5.69 Å². The highest BCUT2D eigenvalue weighted by atomic mass is 19.1. The van der Waals surface area contributed by atoms with Crippen molar-refractivity contribution in [2.75, 3.05) is 17.6 Å². The van der Waals surface area contributed by atoms with Crippen molar-refractivity contribution in [1.82, 2.24) is 15.1 Å². The summed E-state index contributed by atoms with van der Waals surface area (Å²) in [6.07, 6.45) is 0.670. The highest BCUT2D eigenvalue weighted by Crippen LogP contribution is 2.35. The minimum atomic E-state index is -0.676. The maximum absolute atomic E-state index is 14.3. The first-order chi connectivity index (χ1) is 14.2. The summed E-state index contributed by atoms with van der Waals surface area (Å²) in [5, 5.41) is 9.88. The summed E-state index contributed by atoms with van der Waals surface area (Å²) in [6, 6.07) is 12.3. The van der Waals surface area contributed by atoms with Crippen molar-refractivity contribution < 1.29 is 13.6 Å². The summed E-state index contributed by atoms with van der Waals surface area (Å²) >= 11 is 0. The van der Waals surface area contributed by atoms with Gasteiger partial charge in [-0.05, 0) is 24.1 Å². The van der Waals surface area contributed by atoms with Gasteiger partial charge in [-0.3, -0.25) is 0 Å². The zero-order valence-electron chi connectivity index (χ0n) is 17.2. The molecule has 0 unspecified atom stereocenters. The molecule has 6 nitrogen and oxygen atoms in total. The molecule has 3 rings (SSSR count). The Kier molecular flexibility index (Phi) is 6.05. The average molecular weight is 413 g/mol. The summed E-state index contributed by atoms with van der Waals surface area (Å²) in [7, 11) is 0. The Balaban J connectivity index is 1.83. The van der Waals surface area contributed by atoms with E-state index < -0.39 is 23.1 Å². The van der Waals surface area contributed by atoms with Gasteiger partial charge in [0.25, 0.3) is 0 Å². The molecule has 2 aromatic carbocycles. The lowest BCUT2D eigenvalue weighted by Crippen LogP contribution is -2.31. The number of nitrogen functional groups attached to an aromatic ring is 1. The predicted molar refractivity (Wildman–Crippen MR) is 114 cm³/mol. The molecule has 4 N–H and O–H groups in total. The first kappa shape index (κ1) is 21.3. The maximum Gasteiger partial charge on any atom is 0.319 e. The van der Waals surface area contributed by atoms with Crippen LogP contribution in [0.1, 0.15) is 32.0 Å². The van der Waals surface area contributed by atoms with E-state index >= 15 is 0 Å². The highest BCUT2D eigenvalue weighted by molar-refractivity contribution is 5.93. The second-order valence-corrected chi connectivity index (χ2v) is 7.98. The summed E-state index contributed by atoms with van der Waals surface area (Å²) in [5.74, 6) is -1.28. The normalized spacial score (nSPS) is 11.4. The van der Waals surface area contributed by atoms with Gasteiger partial charge in [0.1, 0.15) is 23.0 Å². The Hall–Kier alpha value is -3.42. The van der Waals surface area contributed by atoms with E-state index in [1.54, 1.807) is 0 Å². The number of hydrogen-bond donors (Lipinski definition) is 3. The number of nitrogens with zero attached hydrogens (tertiary/aromatic N) is 2. The smallest absolute Gasteiger partial charge is 0.319 e. The molecule has 0 bridgehead atoms. The van der Waals surface area contributed by atoms with E-state index in [0.29, 0.717) is 18.7 Å². The highest BCUT2D eigenvalue weighted by Gasteiger charge is 2.28. The summed E-state index contributed by atoms with van der Waals surface area (Å²) in [6.45, 7) is 6.09. The Morgan fingerprint density at radius 2 is 1.83 bits per heavy atom. The molecule has 8 heteroatoms. The second-order valence-electron chi connectivity index (χ2n) is 7.98. The van der Waals surface area contributed by atoms with Crippen LogP contribution in [-0.4, -0.2) is 22.4 Å². The van der Waals surface area contributed by atoms with Crippen LogP contribution in [-0.2, 0) is 11.8 Å². The van der Waals surface area contributed by atoms with E-state index in [9.17, 15) is 13.6 Å². The lowest BCUT2D eigenvalue weighted by molar-refractivity contribution is 0.252. The number of rotatable bonds is 5. The number of benzene rings is 2. The van der Waals surface area contributed by atoms with E-state index in [1.165, 1.54) is 0 Å². The van der Waals surface area contributed by atoms with Gasteiger partial charge in [-0.15, -0.1) is 0 Å². The van der Waals surface area contributed by atoms with Crippen LogP contribution in [0.3, 0.4) is 0 Å². The number of carbonyl (C=O) groups is 1.